The quantitative estimate of drug-likeness (QED) is 0.744. The molecule has 1 heterocycles. The van der Waals surface area contributed by atoms with Crippen molar-refractivity contribution in [1.82, 2.24) is 9.78 Å². The Morgan fingerprint density at radius 1 is 1.05 bits per heavy atom. The summed E-state index contributed by atoms with van der Waals surface area (Å²) in [5, 5.41) is 4.03. The second-order valence-electron chi connectivity index (χ2n) is 4.47. The molecule has 0 saturated carbocycles. The van der Waals surface area contributed by atoms with Gasteiger partial charge in [0.25, 0.3) is 0 Å². The van der Waals surface area contributed by atoms with Crippen molar-refractivity contribution in [3.63, 3.8) is 0 Å². The SMILES string of the molecule is O=c1oc(-c2ccc(F)cc2)nn1Cc1cccc(F)c1. The highest BCUT2D eigenvalue weighted by Gasteiger charge is 2.11. The smallest absolute Gasteiger partial charge is 0.388 e. The first-order valence-corrected chi connectivity index (χ1v) is 6.20. The van der Waals surface area contributed by atoms with E-state index < -0.39 is 5.76 Å². The molecule has 0 bridgehead atoms. The standard InChI is InChI=1S/C15H10F2N2O2/c16-12-6-4-11(5-7-12)14-18-19(15(20)21-14)9-10-2-1-3-13(17)8-10/h1-8H,9H2. The molecule has 0 aliphatic carbocycles. The number of rotatable bonds is 3. The number of hydrogen-bond donors (Lipinski definition) is 0. The lowest BCUT2D eigenvalue weighted by molar-refractivity contribution is 0.494. The summed E-state index contributed by atoms with van der Waals surface area (Å²) in [6, 6.07) is 11.3. The fourth-order valence-corrected chi connectivity index (χ4v) is 1.92. The van der Waals surface area contributed by atoms with Gasteiger partial charge in [-0.2, -0.15) is 4.68 Å². The first-order chi connectivity index (χ1) is 10.1. The van der Waals surface area contributed by atoms with Crippen LogP contribution >= 0.6 is 0 Å². The van der Waals surface area contributed by atoms with Crippen LogP contribution in [-0.4, -0.2) is 9.78 Å². The minimum Gasteiger partial charge on any atom is -0.388 e. The summed E-state index contributed by atoms with van der Waals surface area (Å²) in [6.45, 7) is 0.0985. The highest BCUT2D eigenvalue weighted by atomic mass is 19.1. The molecule has 0 radical (unpaired) electrons. The van der Waals surface area contributed by atoms with E-state index in [1.165, 1.54) is 36.4 Å². The molecule has 0 unspecified atom stereocenters. The molecule has 1 aromatic heterocycles. The van der Waals surface area contributed by atoms with Gasteiger partial charge in [-0.15, -0.1) is 5.10 Å². The first kappa shape index (κ1) is 13.2. The van der Waals surface area contributed by atoms with Crippen LogP contribution in [0.4, 0.5) is 8.78 Å². The predicted octanol–water partition coefficient (Wildman–Crippen LogP) is 2.83. The van der Waals surface area contributed by atoms with Gasteiger partial charge in [0.1, 0.15) is 11.6 Å². The van der Waals surface area contributed by atoms with Crippen molar-refractivity contribution in [3.05, 3.63) is 76.3 Å². The third-order valence-electron chi connectivity index (χ3n) is 2.92. The van der Waals surface area contributed by atoms with Gasteiger partial charge in [0.15, 0.2) is 0 Å². The van der Waals surface area contributed by atoms with Crippen LogP contribution in [0.25, 0.3) is 11.5 Å². The molecule has 0 spiro atoms. The van der Waals surface area contributed by atoms with Crippen molar-refractivity contribution >= 4 is 0 Å². The minimum atomic E-state index is -0.654. The summed E-state index contributed by atoms with van der Waals surface area (Å²) >= 11 is 0. The highest BCUT2D eigenvalue weighted by molar-refractivity contribution is 5.51. The molecule has 3 rings (SSSR count). The van der Waals surface area contributed by atoms with Gasteiger partial charge in [0.05, 0.1) is 6.54 Å². The van der Waals surface area contributed by atoms with Crippen molar-refractivity contribution in [1.29, 1.82) is 0 Å². The van der Waals surface area contributed by atoms with E-state index in [1.807, 2.05) is 0 Å². The van der Waals surface area contributed by atoms with Gasteiger partial charge in [-0.1, -0.05) is 12.1 Å². The number of benzene rings is 2. The maximum absolute atomic E-state index is 13.1. The van der Waals surface area contributed by atoms with Crippen LogP contribution in [0.3, 0.4) is 0 Å². The summed E-state index contributed by atoms with van der Waals surface area (Å²) in [5.74, 6) is -1.34. The van der Waals surface area contributed by atoms with E-state index in [1.54, 1.807) is 12.1 Å². The molecule has 0 atom stereocenters. The molecule has 6 heteroatoms. The van der Waals surface area contributed by atoms with Gasteiger partial charge in [0, 0.05) is 5.56 Å². The number of nitrogens with zero attached hydrogens (tertiary/aromatic N) is 2. The molecule has 0 aliphatic heterocycles. The fourth-order valence-electron chi connectivity index (χ4n) is 1.92. The number of hydrogen-bond acceptors (Lipinski definition) is 3. The van der Waals surface area contributed by atoms with Crippen LogP contribution in [0, 0.1) is 11.6 Å². The third kappa shape index (κ3) is 2.89. The van der Waals surface area contributed by atoms with E-state index in [0.29, 0.717) is 11.1 Å². The Kier molecular flexibility index (Phi) is 3.35. The Bertz CT molecular complexity index is 822. The first-order valence-electron chi connectivity index (χ1n) is 6.20. The van der Waals surface area contributed by atoms with Crippen LogP contribution in [0.5, 0.6) is 0 Å². The molecule has 4 nitrogen and oxygen atoms in total. The normalized spacial score (nSPS) is 10.8. The van der Waals surface area contributed by atoms with Crippen molar-refractivity contribution in [2.45, 2.75) is 6.54 Å². The lowest BCUT2D eigenvalue weighted by atomic mass is 10.2. The van der Waals surface area contributed by atoms with E-state index in [-0.39, 0.29) is 24.1 Å². The van der Waals surface area contributed by atoms with Crippen LogP contribution < -0.4 is 5.76 Å². The van der Waals surface area contributed by atoms with Crippen LogP contribution in [0.15, 0.2) is 57.7 Å². The third-order valence-corrected chi connectivity index (χ3v) is 2.92. The molecule has 106 valence electrons. The molecule has 0 saturated heterocycles. The number of aromatic nitrogens is 2. The number of halogens is 2. The molecule has 3 aromatic rings. The van der Waals surface area contributed by atoms with Gasteiger partial charge in [-0.05, 0) is 42.0 Å². The average molecular weight is 288 g/mol. The topological polar surface area (TPSA) is 48.0 Å². The zero-order chi connectivity index (χ0) is 14.8. The maximum atomic E-state index is 13.1. The summed E-state index contributed by atoms with van der Waals surface area (Å²) in [5.41, 5.74) is 1.09. The molecule has 0 aliphatic rings. The molecule has 21 heavy (non-hydrogen) atoms. The lowest BCUT2D eigenvalue weighted by Crippen LogP contribution is -2.16. The molecule has 0 amide bonds. The van der Waals surface area contributed by atoms with E-state index in [0.717, 1.165) is 4.68 Å². The Hall–Kier alpha value is -2.76. The second-order valence-corrected chi connectivity index (χ2v) is 4.47. The fraction of sp³-hybridized carbons (Fsp3) is 0.0667. The van der Waals surface area contributed by atoms with E-state index in [2.05, 4.69) is 5.10 Å². The second kappa shape index (κ2) is 5.32. The van der Waals surface area contributed by atoms with Crippen molar-refractivity contribution < 1.29 is 13.2 Å². The monoisotopic (exact) mass is 288 g/mol. The minimum absolute atomic E-state index is 0.0939. The zero-order valence-electron chi connectivity index (χ0n) is 10.8. The van der Waals surface area contributed by atoms with Crippen molar-refractivity contribution in [3.8, 4) is 11.5 Å². The van der Waals surface area contributed by atoms with Gasteiger partial charge in [-0.25, -0.2) is 13.6 Å². The summed E-state index contributed by atoms with van der Waals surface area (Å²) in [4.78, 5) is 11.7. The Balaban J connectivity index is 1.91. The molecule has 2 aromatic carbocycles. The van der Waals surface area contributed by atoms with Crippen molar-refractivity contribution in [2.24, 2.45) is 0 Å². The van der Waals surface area contributed by atoms with E-state index >= 15 is 0 Å². The van der Waals surface area contributed by atoms with Gasteiger partial charge in [0.2, 0.25) is 5.89 Å². The predicted molar refractivity (Wildman–Crippen MR) is 71.7 cm³/mol. The van der Waals surface area contributed by atoms with Crippen LogP contribution in [0.2, 0.25) is 0 Å². The van der Waals surface area contributed by atoms with E-state index in [9.17, 15) is 13.6 Å². The molecule has 0 fully saturated rings. The Morgan fingerprint density at radius 3 is 2.52 bits per heavy atom. The van der Waals surface area contributed by atoms with Crippen molar-refractivity contribution in [2.75, 3.05) is 0 Å². The summed E-state index contributed by atoms with van der Waals surface area (Å²) in [7, 11) is 0. The Morgan fingerprint density at radius 2 is 1.81 bits per heavy atom. The Labute approximate surface area is 118 Å². The summed E-state index contributed by atoms with van der Waals surface area (Å²) in [6.07, 6.45) is 0. The molecular weight excluding hydrogens is 278 g/mol. The average Bonchev–Trinajstić information content (AvgIpc) is 2.81. The van der Waals surface area contributed by atoms with Gasteiger partial charge in [-0.3, -0.25) is 0 Å². The van der Waals surface area contributed by atoms with Crippen LogP contribution in [-0.2, 0) is 6.54 Å². The largest absolute Gasteiger partial charge is 0.437 e. The lowest BCUT2D eigenvalue weighted by Gasteiger charge is -1.99. The van der Waals surface area contributed by atoms with Gasteiger partial charge < -0.3 is 4.42 Å². The zero-order valence-corrected chi connectivity index (χ0v) is 10.8. The highest BCUT2D eigenvalue weighted by Crippen LogP contribution is 2.16. The van der Waals surface area contributed by atoms with E-state index in [4.69, 9.17) is 4.42 Å². The molecule has 0 N–H and O–H groups in total. The summed E-state index contributed by atoms with van der Waals surface area (Å²) < 4.78 is 32.1. The van der Waals surface area contributed by atoms with Gasteiger partial charge >= 0.3 is 5.76 Å². The van der Waals surface area contributed by atoms with Crippen LogP contribution in [0.1, 0.15) is 5.56 Å². The maximum Gasteiger partial charge on any atom is 0.437 e. The molecular formula is C15H10F2N2O2.